The van der Waals surface area contributed by atoms with Gasteiger partial charge in [0.15, 0.2) is 0 Å². The second-order valence-electron chi connectivity index (χ2n) is 6.36. The second kappa shape index (κ2) is 9.53. The summed E-state index contributed by atoms with van der Waals surface area (Å²) >= 11 is 0. The summed E-state index contributed by atoms with van der Waals surface area (Å²) in [5.74, 6) is -0.362. The number of amides is 1. The van der Waals surface area contributed by atoms with Gasteiger partial charge in [-0.15, -0.1) is 12.4 Å². The molecule has 1 aliphatic heterocycles. The zero-order valence-electron chi connectivity index (χ0n) is 15.5. The molecule has 2 aromatic rings. The first kappa shape index (κ1) is 20.9. The van der Waals surface area contributed by atoms with E-state index in [-0.39, 0.29) is 30.2 Å². The third kappa shape index (κ3) is 4.87. The molecule has 0 bridgehead atoms. The lowest BCUT2D eigenvalue weighted by Crippen LogP contribution is -2.37. The number of aromatic nitrogens is 2. The maximum Gasteiger partial charge on any atom is 0.341 e. The molecule has 7 nitrogen and oxygen atoms in total. The number of esters is 1. The summed E-state index contributed by atoms with van der Waals surface area (Å²) in [5, 5.41) is 10.5. The first-order valence-electron chi connectivity index (χ1n) is 8.94. The van der Waals surface area contributed by atoms with E-state index in [2.05, 4.69) is 15.7 Å². The van der Waals surface area contributed by atoms with E-state index in [4.69, 9.17) is 4.74 Å². The number of anilines is 1. The second-order valence-corrected chi connectivity index (χ2v) is 6.36. The minimum Gasteiger partial charge on any atom is -0.462 e. The van der Waals surface area contributed by atoms with Gasteiger partial charge in [-0.25, -0.2) is 9.48 Å². The van der Waals surface area contributed by atoms with Gasteiger partial charge in [-0.3, -0.25) is 4.79 Å². The molecule has 3 rings (SSSR count). The van der Waals surface area contributed by atoms with Gasteiger partial charge in [0.2, 0.25) is 5.91 Å². The minimum absolute atomic E-state index is 0. The van der Waals surface area contributed by atoms with Crippen molar-refractivity contribution < 1.29 is 14.3 Å². The quantitative estimate of drug-likeness (QED) is 0.764. The lowest BCUT2D eigenvalue weighted by Gasteiger charge is -2.22. The predicted molar refractivity (Wildman–Crippen MR) is 106 cm³/mol. The highest BCUT2D eigenvalue weighted by Crippen LogP contribution is 2.20. The zero-order chi connectivity index (χ0) is 18.5. The highest BCUT2D eigenvalue weighted by Gasteiger charge is 2.21. The molecule has 1 aromatic carbocycles. The van der Waals surface area contributed by atoms with E-state index in [9.17, 15) is 9.59 Å². The van der Waals surface area contributed by atoms with Crippen LogP contribution in [0.25, 0.3) is 5.69 Å². The Hall–Kier alpha value is -2.38. The van der Waals surface area contributed by atoms with Crippen molar-refractivity contribution in [2.24, 2.45) is 5.92 Å². The fourth-order valence-corrected chi connectivity index (χ4v) is 3.11. The Morgan fingerprint density at radius 3 is 2.93 bits per heavy atom. The van der Waals surface area contributed by atoms with Gasteiger partial charge < -0.3 is 15.4 Å². The van der Waals surface area contributed by atoms with E-state index >= 15 is 0 Å². The Kier molecular flexibility index (Phi) is 7.38. The standard InChI is InChI=1S/C19H24N4O3.ClH/c1-3-26-19(25)17-12-21-23(13(17)2)16-8-4-7-15(10-16)22-18(24)14-6-5-9-20-11-14;/h4,7-8,10,12,14,20H,3,5-6,9,11H2,1-2H3,(H,22,24);1H. The molecule has 0 radical (unpaired) electrons. The minimum atomic E-state index is -0.384. The molecule has 0 spiro atoms. The molecule has 1 saturated heterocycles. The van der Waals surface area contributed by atoms with E-state index in [1.807, 2.05) is 31.2 Å². The van der Waals surface area contributed by atoms with Crippen molar-refractivity contribution in [2.75, 3.05) is 25.0 Å². The van der Waals surface area contributed by atoms with Crippen LogP contribution in [0.5, 0.6) is 0 Å². The van der Waals surface area contributed by atoms with Gasteiger partial charge in [0.1, 0.15) is 5.56 Å². The van der Waals surface area contributed by atoms with E-state index < -0.39 is 0 Å². The first-order valence-corrected chi connectivity index (χ1v) is 8.94. The third-order valence-electron chi connectivity index (χ3n) is 4.53. The van der Waals surface area contributed by atoms with Crippen LogP contribution >= 0.6 is 12.4 Å². The van der Waals surface area contributed by atoms with E-state index in [0.717, 1.165) is 25.1 Å². The molecule has 1 amide bonds. The molecule has 27 heavy (non-hydrogen) atoms. The topological polar surface area (TPSA) is 85.2 Å². The van der Waals surface area contributed by atoms with Gasteiger partial charge in [0.25, 0.3) is 0 Å². The van der Waals surface area contributed by atoms with Crippen LogP contribution in [0, 0.1) is 12.8 Å². The van der Waals surface area contributed by atoms with Crippen LogP contribution in [0.3, 0.4) is 0 Å². The summed E-state index contributed by atoms with van der Waals surface area (Å²) in [5.41, 5.74) is 2.63. The van der Waals surface area contributed by atoms with Gasteiger partial charge in [-0.2, -0.15) is 5.10 Å². The highest BCUT2D eigenvalue weighted by molar-refractivity contribution is 5.93. The van der Waals surface area contributed by atoms with Gasteiger partial charge in [-0.05, 0) is 51.4 Å². The Balaban J connectivity index is 0.00000261. The molecular formula is C19H25ClN4O3. The maximum absolute atomic E-state index is 12.4. The summed E-state index contributed by atoms with van der Waals surface area (Å²) in [4.78, 5) is 24.4. The van der Waals surface area contributed by atoms with Crippen LogP contribution in [0.2, 0.25) is 0 Å². The molecule has 146 valence electrons. The molecule has 2 heterocycles. The fraction of sp³-hybridized carbons (Fsp3) is 0.421. The Labute approximate surface area is 164 Å². The Bertz CT molecular complexity index is 800. The van der Waals surface area contributed by atoms with Crippen molar-refractivity contribution in [1.29, 1.82) is 0 Å². The Morgan fingerprint density at radius 2 is 2.22 bits per heavy atom. The first-order chi connectivity index (χ1) is 12.6. The third-order valence-corrected chi connectivity index (χ3v) is 4.53. The predicted octanol–water partition coefficient (Wildman–Crippen LogP) is 2.72. The number of hydrogen-bond donors (Lipinski definition) is 2. The summed E-state index contributed by atoms with van der Waals surface area (Å²) in [7, 11) is 0. The molecule has 2 N–H and O–H groups in total. The summed E-state index contributed by atoms with van der Waals surface area (Å²) in [6.45, 7) is 5.60. The van der Waals surface area contributed by atoms with E-state index in [0.29, 0.717) is 30.1 Å². The van der Waals surface area contributed by atoms with Crippen LogP contribution in [-0.2, 0) is 9.53 Å². The van der Waals surface area contributed by atoms with Crippen molar-refractivity contribution >= 4 is 30.0 Å². The average molecular weight is 393 g/mol. The summed E-state index contributed by atoms with van der Waals surface area (Å²) in [6.07, 6.45) is 3.42. The fourth-order valence-electron chi connectivity index (χ4n) is 3.11. The number of hydrogen-bond acceptors (Lipinski definition) is 5. The number of carbonyl (C=O) groups is 2. The molecule has 1 aromatic heterocycles. The Morgan fingerprint density at radius 1 is 1.41 bits per heavy atom. The monoisotopic (exact) mass is 392 g/mol. The normalized spacial score (nSPS) is 16.3. The molecule has 0 aliphatic carbocycles. The van der Waals surface area contributed by atoms with Gasteiger partial charge in [0, 0.05) is 12.2 Å². The van der Waals surface area contributed by atoms with Crippen LogP contribution in [0.1, 0.15) is 35.8 Å². The molecule has 1 unspecified atom stereocenters. The van der Waals surface area contributed by atoms with Crippen molar-refractivity contribution in [2.45, 2.75) is 26.7 Å². The SMILES string of the molecule is CCOC(=O)c1cnn(-c2cccc(NC(=O)C3CCCNC3)c2)c1C.Cl. The van der Waals surface area contributed by atoms with E-state index in [1.54, 1.807) is 11.6 Å². The largest absolute Gasteiger partial charge is 0.462 e. The van der Waals surface area contributed by atoms with Crippen molar-refractivity contribution in [3.63, 3.8) is 0 Å². The van der Waals surface area contributed by atoms with Gasteiger partial charge in [-0.1, -0.05) is 6.07 Å². The van der Waals surface area contributed by atoms with E-state index in [1.165, 1.54) is 6.20 Å². The van der Waals surface area contributed by atoms with Gasteiger partial charge in [0.05, 0.1) is 30.1 Å². The van der Waals surface area contributed by atoms with Crippen molar-refractivity contribution in [3.8, 4) is 5.69 Å². The number of ether oxygens (including phenoxy) is 1. The molecule has 1 aliphatic rings. The molecule has 1 fully saturated rings. The lowest BCUT2D eigenvalue weighted by atomic mass is 9.99. The number of piperidine rings is 1. The van der Waals surface area contributed by atoms with Gasteiger partial charge >= 0.3 is 5.97 Å². The number of nitrogens with zero attached hydrogens (tertiary/aromatic N) is 2. The number of benzene rings is 1. The molecule has 0 saturated carbocycles. The zero-order valence-corrected chi connectivity index (χ0v) is 16.3. The highest BCUT2D eigenvalue weighted by atomic mass is 35.5. The van der Waals surface area contributed by atoms with Crippen molar-refractivity contribution in [3.05, 3.63) is 41.7 Å². The lowest BCUT2D eigenvalue weighted by molar-refractivity contribution is -0.120. The summed E-state index contributed by atoms with van der Waals surface area (Å²) in [6, 6.07) is 7.44. The molecular weight excluding hydrogens is 368 g/mol. The number of nitrogens with one attached hydrogen (secondary N) is 2. The smallest absolute Gasteiger partial charge is 0.341 e. The van der Waals surface area contributed by atoms with Crippen LogP contribution in [0.15, 0.2) is 30.5 Å². The van der Waals surface area contributed by atoms with Crippen LogP contribution in [0.4, 0.5) is 5.69 Å². The molecule has 1 atom stereocenters. The maximum atomic E-state index is 12.4. The summed E-state index contributed by atoms with van der Waals surface area (Å²) < 4.78 is 6.72. The number of carbonyl (C=O) groups excluding carboxylic acids is 2. The number of rotatable bonds is 5. The number of halogens is 1. The average Bonchev–Trinajstić information content (AvgIpc) is 3.04. The van der Waals surface area contributed by atoms with Crippen LogP contribution in [-0.4, -0.2) is 41.4 Å². The van der Waals surface area contributed by atoms with Crippen LogP contribution < -0.4 is 10.6 Å². The molecule has 8 heteroatoms. The van der Waals surface area contributed by atoms with Crippen molar-refractivity contribution in [1.82, 2.24) is 15.1 Å².